The Morgan fingerprint density at radius 3 is 2.53 bits per heavy atom. The van der Waals surface area contributed by atoms with E-state index in [1.807, 2.05) is 0 Å². The monoisotopic (exact) mass is 442 g/mol. The van der Waals surface area contributed by atoms with E-state index in [-0.39, 0.29) is 24.8 Å². The molecule has 1 aliphatic rings. The molecular formula is C23H26N2O7. The Labute approximate surface area is 185 Å². The fourth-order valence-corrected chi connectivity index (χ4v) is 3.15. The number of carbonyl (C=O) groups excluding carboxylic acids is 2. The van der Waals surface area contributed by atoms with Crippen molar-refractivity contribution in [1.82, 2.24) is 4.90 Å². The molecule has 1 aliphatic heterocycles. The first kappa shape index (κ1) is 22.9. The predicted molar refractivity (Wildman–Crippen MR) is 116 cm³/mol. The topological polar surface area (TPSA) is 114 Å². The molecule has 0 saturated carbocycles. The van der Waals surface area contributed by atoms with Gasteiger partial charge in [0.05, 0.1) is 26.6 Å². The van der Waals surface area contributed by atoms with Crippen molar-refractivity contribution in [2.24, 2.45) is 5.92 Å². The summed E-state index contributed by atoms with van der Waals surface area (Å²) < 4.78 is 16.5. The van der Waals surface area contributed by atoms with Crippen LogP contribution in [0.1, 0.15) is 25.0 Å². The minimum atomic E-state index is -0.959. The van der Waals surface area contributed by atoms with Gasteiger partial charge in [-0.1, -0.05) is 19.9 Å². The second-order valence-electron chi connectivity index (χ2n) is 7.66. The molecule has 2 N–H and O–H groups in total. The van der Waals surface area contributed by atoms with E-state index in [0.29, 0.717) is 47.2 Å². The van der Waals surface area contributed by atoms with Crippen molar-refractivity contribution in [3.05, 3.63) is 47.5 Å². The Hall–Kier alpha value is -3.75. The van der Waals surface area contributed by atoms with E-state index in [9.17, 15) is 14.4 Å². The molecule has 3 rings (SSSR count). The number of carboxylic acid groups (broad SMARTS) is 1. The lowest BCUT2D eigenvalue weighted by Crippen LogP contribution is -2.24. The van der Waals surface area contributed by atoms with Crippen molar-refractivity contribution in [2.45, 2.75) is 26.8 Å². The summed E-state index contributed by atoms with van der Waals surface area (Å²) in [5, 5.41) is 11.9. The zero-order chi connectivity index (χ0) is 23.3. The number of nitrogens with zero attached hydrogens (tertiary/aromatic N) is 1. The molecule has 1 heterocycles. The number of benzene rings is 2. The van der Waals surface area contributed by atoms with Crippen molar-refractivity contribution < 1.29 is 33.7 Å². The Morgan fingerprint density at radius 2 is 1.91 bits per heavy atom. The first-order valence-corrected chi connectivity index (χ1v) is 10.2. The maximum atomic E-state index is 12.1. The van der Waals surface area contributed by atoms with Gasteiger partial charge < -0.3 is 29.5 Å². The zero-order valence-electron chi connectivity index (χ0n) is 18.2. The molecule has 0 aliphatic carbocycles. The summed E-state index contributed by atoms with van der Waals surface area (Å²) in [4.78, 5) is 36.7. The van der Waals surface area contributed by atoms with Gasteiger partial charge in [-0.05, 0) is 35.9 Å². The molecule has 0 aromatic heterocycles. The third kappa shape index (κ3) is 5.69. The summed E-state index contributed by atoms with van der Waals surface area (Å²) in [6.07, 6.45) is -0.582. The van der Waals surface area contributed by atoms with Crippen LogP contribution in [0, 0.1) is 5.92 Å². The van der Waals surface area contributed by atoms with Crippen LogP contribution in [0.15, 0.2) is 36.4 Å². The Morgan fingerprint density at radius 1 is 1.16 bits per heavy atom. The number of rotatable bonds is 9. The van der Waals surface area contributed by atoms with Gasteiger partial charge in [-0.2, -0.15) is 0 Å². The van der Waals surface area contributed by atoms with E-state index in [1.165, 1.54) is 12.0 Å². The highest BCUT2D eigenvalue weighted by Gasteiger charge is 2.24. The van der Waals surface area contributed by atoms with Gasteiger partial charge in [0, 0.05) is 17.2 Å². The first-order chi connectivity index (χ1) is 15.3. The second kappa shape index (κ2) is 10.0. The van der Waals surface area contributed by atoms with Crippen LogP contribution in [0.5, 0.6) is 17.2 Å². The number of cyclic esters (lactones) is 1. The minimum Gasteiger partial charge on any atom is -0.493 e. The van der Waals surface area contributed by atoms with Crippen LogP contribution in [-0.2, 0) is 27.3 Å². The van der Waals surface area contributed by atoms with Gasteiger partial charge in [0.2, 0.25) is 5.91 Å². The molecular weight excluding hydrogens is 416 g/mol. The normalized spacial score (nSPS) is 13.1. The second-order valence-corrected chi connectivity index (χ2v) is 7.66. The van der Waals surface area contributed by atoms with E-state index in [1.54, 1.807) is 50.2 Å². The first-order valence-electron chi connectivity index (χ1n) is 10.2. The van der Waals surface area contributed by atoms with E-state index in [2.05, 4.69) is 5.32 Å². The number of carbonyl (C=O) groups is 3. The number of carboxylic acids is 1. The van der Waals surface area contributed by atoms with Crippen molar-refractivity contribution in [3.63, 3.8) is 0 Å². The molecule has 2 aromatic carbocycles. The van der Waals surface area contributed by atoms with Gasteiger partial charge in [-0.3, -0.25) is 9.59 Å². The minimum absolute atomic E-state index is 0.131. The number of hydrogen-bond donors (Lipinski definition) is 2. The van der Waals surface area contributed by atoms with Crippen LogP contribution < -0.4 is 14.8 Å². The standard InChI is InChI=1S/C23H26N2O7/c1-14(2)22(28)24-17-5-7-18(16(12-17)13-25-8-9-31-23(25)29)32-20-10-15(11-21(26)27)4-6-19(20)30-3/h4-7,10,12,14H,8-9,11,13H2,1-3H3,(H,24,28)(H,26,27). The SMILES string of the molecule is COc1ccc(CC(=O)O)cc1Oc1ccc(NC(=O)C(C)C)cc1CN1CCOC1=O. The van der Waals surface area contributed by atoms with Crippen LogP contribution in [0.3, 0.4) is 0 Å². The Kier molecular flexibility index (Phi) is 7.19. The third-order valence-electron chi connectivity index (χ3n) is 4.86. The van der Waals surface area contributed by atoms with Crippen molar-refractivity contribution in [3.8, 4) is 17.2 Å². The van der Waals surface area contributed by atoms with Gasteiger partial charge in [0.15, 0.2) is 11.5 Å². The molecule has 9 nitrogen and oxygen atoms in total. The quantitative estimate of drug-likeness (QED) is 0.609. The van der Waals surface area contributed by atoms with E-state index < -0.39 is 12.1 Å². The van der Waals surface area contributed by atoms with Crippen molar-refractivity contribution in [1.29, 1.82) is 0 Å². The van der Waals surface area contributed by atoms with Crippen LogP contribution in [0.4, 0.5) is 10.5 Å². The highest BCUT2D eigenvalue weighted by molar-refractivity contribution is 5.92. The number of methoxy groups -OCH3 is 1. The largest absolute Gasteiger partial charge is 0.493 e. The molecule has 0 unspecified atom stereocenters. The van der Waals surface area contributed by atoms with Gasteiger partial charge >= 0.3 is 12.1 Å². The lowest BCUT2D eigenvalue weighted by Gasteiger charge is -2.19. The number of amides is 2. The molecule has 2 amide bonds. The Balaban J connectivity index is 1.94. The van der Waals surface area contributed by atoms with Crippen LogP contribution in [-0.4, -0.2) is 48.2 Å². The lowest BCUT2D eigenvalue weighted by molar-refractivity contribution is -0.136. The zero-order valence-corrected chi connectivity index (χ0v) is 18.2. The van der Waals surface area contributed by atoms with Crippen LogP contribution in [0.25, 0.3) is 0 Å². The lowest BCUT2D eigenvalue weighted by atomic mass is 10.1. The van der Waals surface area contributed by atoms with Crippen molar-refractivity contribution >= 4 is 23.7 Å². The van der Waals surface area contributed by atoms with Crippen LogP contribution in [0.2, 0.25) is 0 Å². The van der Waals surface area contributed by atoms with E-state index >= 15 is 0 Å². The molecule has 0 bridgehead atoms. The molecule has 0 radical (unpaired) electrons. The van der Waals surface area contributed by atoms with Gasteiger partial charge in [0.25, 0.3) is 0 Å². The van der Waals surface area contributed by atoms with E-state index in [0.717, 1.165) is 0 Å². The smallest absolute Gasteiger partial charge is 0.410 e. The third-order valence-corrected chi connectivity index (χ3v) is 4.86. The summed E-state index contributed by atoms with van der Waals surface area (Å²) in [5.41, 5.74) is 1.78. The van der Waals surface area contributed by atoms with Gasteiger partial charge in [-0.15, -0.1) is 0 Å². The molecule has 170 valence electrons. The highest BCUT2D eigenvalue weighted by atomic mass is 16.6. The predicted octanol–water partition coefficient (Wildman–Crippen LogP) is 3.66. The molecule has 0 atom stereocenters. The summed E-state index contributed by atoms with van der Waals surface area (Å²) in [5.74, 6) is -0.0617. The summed E-state index contributed by atoms with van der Waals surface area (Å²) in [6.45, 7) is 4.56. The number of ether oxygens (including phenoxy) is 3. The average molecular weight is 442 g/mol. The Bertz CT molecular complexity index is 1020. The van der Waals surface area contributed by atoms with E-state index in [4.69, 9.17) is 19.3 Å². The molecule has 1 saturated heterocycles. The van der Waals surface area contributed by atoms with Gasteiger partial charge in [-0.25, -0.2) is 4.79 Å². The molecule has 32 heavy (non-hydrogen) atoms. The summed E-state index contributed by atoms with van der Waals surface area (Å²) in [7, 11) is 1.49. The summed E-state index contributed by atoms with van der Waals surface area (Å²) in [6, 6.07) is 10.0. The number of hydrogen-bond acceptors (Lipinski definition) is 6. The number of anilines is 1. The summed E-state index contributed by atoms with van der Waals surface area (Å²) >= 11 is 0. The van der Waals surface area contributed by atoms with Crippen molar-refractivity contribution in [2.75, 3.05) is 25.6 Å². The molecule has 2 aromatic rings. The number of aliphatic carboxylic acids is 1. The highest BCUT2D eigenvalue weighted by Crippen LogP contribution is 2.36. The number of nitrogens with one attached hydrogen (secondary N) is 1. The van der Waals surface area contributed by atoms with Crippen LogP contribution >= 0.6 is 0 Å². The molecule has 9 heteroatoms. The average Bonchev–Trinajstić information content (AvgIpc) is 3.14. The molecule has 1 fully saturated rings. The molecule has 0 spiro atoms. The van der Waals surface area contributed by atoms with Gasteiger partial charge in [0.1, 0.15) is 12.4 Å². The maximum Gasteiger partial charge on any atom is 0.410 e. The fraction of sp³-hybridized carbons (Fsp3) is 0.348. The fourth-order valence-electron chi connectivity index (χ4n) is 3.15. The maximum absolute atomic E-state index is 12.1.